The van der Waals surface area contributed by atoms with Crippen LogP contribution in [0, 0.1) is 0 Å². The van der Waals surface area contributed by atoms with Crippen molar-refractivity contribution in [1.82, 2.24) is 25.9 Å². The van der Waals surface area contributed by atoms with Crippen molar-refractivity contribution in [2.24, 2.45) is 27.9 Å². The van der Waals surface area contributed by atoms with Crippen molar-refractivity contribution in [3.05, 3.63) is 18.2 Å². The molecule has 1 aromatic heterocycles. The highest BCUT2D eigenvalue weighted by Crippen LogP contribution is 2.06. The van der Waals surface area contributed by atoms with Crippen LogP contribution in [0.5, 0.6) is 0 Å². The summed E-state index contributed by atoms with van der Waals surface area (Å²) in [7, 11) is 0. The fourth-order valence-corrected chi connectivity index (χ4v) is 3.70. The van der Waals surface area contributed by atoms with Crippen molar-refractivity contribution in [1.29, 1.82) is 0 Å². The van der Waals surface area contributed by atoms with E-state index in [9.17, 15) is 29.1 Å². The number of aliphatic imine (C=N–C) groups is 1. The minimum absolute atomic E-state index is 0.0276. The van der Waals surface area contributed by atoms with Crippen molar-refractivity contribution in [3.63, 3.8) is 0 Å². The summed E-state index contributed by atoms with van der Waals surface area (Å²) in [6, 6.07) is -4.93. The van der Waals surface area contributed by atoms with Gasteiger partial charge in [-0.15, -0.1) is 0 Å². The van der Waals surface area contributed by atoms with E-state index in [1.165, 1.54) is 24.3 Å². The summed E-state index contributed by atoms with van der Waals surface area (Å²) in [5.74, 6) is -4.19. The molecule has 0 bridgehead atoms. The number of amides is 4. The summed E-state index contributed by atoms with van der Waals surface area (Å²) in [5, 5.41) is 16.7. The summed E-state index contributed by atoms with van der Waals surface area (Å²) in [5.41, 5.74) is 22.4. The van der Waals surface area contributed by atoms with Gasteiger partial charge in [0.15, 0.2) is 5.96 Å². The van der Waals surface area contributed by atoms with Gasteiger partial charge in [-0.05, 0) is 31.3 Å². The third kappa shape index (κ3) is 12.4. The average molecular weight is 557 g/mol. The van der Waals surface area contributed by atoms with Gasteiger partial charge in [0.05, 0.1) is 18.8 Å². The number of aromatic amines is 1. The maximum atomic E-state index is 13.0. The van der Waals surface area contributed by atoms with Crippen LogP contribution in [-0.4, -0.2) is 93.4 Å². The van der Waals surface area contributed by atoms with Crippen molar-refractivity contribution in [3.8, 4) is 0 Å². The SMILES string of the molecule is CSCCC(NC(=O)C(CCCN=C(N)N)NC(=O)C(CC(N)=O)NC(=O)C(N)Cc1cnc[nH]1)C(=O)O. The molecular formula is C21H36N10O6S. The molecular weight excluding hydrogens is 520 g/mol. The number of rotatable bonds is 18. The molecule has 0 saturated heterocycles. The first kappa shape index (κ1) is 32.2. The number of carboxylic acid groups (broad SMARTS) is 1. The predicted molar refractivity (Wildman–Crippen MR) is 140 cm³/mol. The maximum absolute atomic E-state index is 13.0. The largest absolute Gasteiger partial charge is 0.480 e. The quantitative estimate of drug-likeness (QED) is 0.0485. The highest BCUT2D eigenvalue weighted by Gasteiger charge is 2.31. The summed E-state index contributed by atoms with van der Waals surface area (Å²) < 4.78 is 0. The second-order valence-corrected chi connectivity index (χ2v) is 9.30. The van der Waals surface area contributed by atoms with Crippen molar-refractivity contribution >= 4 is 47.3 Å². The van der Waals surface area contributed by atoms with E-state index in [1.54, 1.807) is 6.26 Å². The number of carbonyl (C=O) groups excluding carboxylic acids is 4. The van der Waals surface area contributed by atoms with Crippen molar-refractivity contribution in [2.45, 2.75) is 56.3 Å². The van der Waals surface area contributed by atoms with Crippen molar-refractivity contribution in [2.75, 3.05) is 18.6 Å². The van der Waals surface area contributed by atoms with Gasteiger partial charge in [0.25, 0.3) is 0 Å². The fourth-order valence-electron chi connectivity index (χ4n) is 3.23. The third-order valence-electron chi connectivity index (χ3n) is 5.17. The Kier molecular flexibility index (Phi) is 14.2. The fraction of sp³-hybridized carbons (Fsp3) is 0.571. The number of hydrogen-bond donors (Lipinski definition) is 9. The summed E-state index contributed by atoms with van der Waals surface area (Å²) in [6.45, 7) is 0.140. The standard InChI is InChI=1S/C21H36N10O6S/c1-38-6-4-14(20(36)37)30-18(34)13(3-2-5-27-21(24)25)29-19(35)15(8-16(23)32)31-17(33)12(22)7-11-9-26-10-28-11/h9-10,12-15H,2-8,22H2,1H3,(H2,23,32)(H,26,28)(H,29,35)(H,30,34)(H,31,33)(H,36,37)(H4,24,25,27). The van der Waals surface area contributed by atoms with E-state index in [-0.39, 0.29) is 38.2 Å². The zero-order valence-electron chi connectivity index (χ0n) is 21.0. The zero-order valence-corrected chi connectivity index (χ0v) is 21.8. The number of aliphatic carboxylic acids is 1. The first-order chi connectivity index (χ1) is 17.9. The topological polar surface area (TPSA) is 287 Å². The number of imidazole rings is 1. The Labute approximate surface area is 223 Å². The molecule has 0 fully saturated rings. The van der Waals surface area contributed by atoms with Gasteiger partial charge in [0, 0.05) is 24.9 Å². The molecule has 0 saturated carbocycles. The molecule has 0 aromatic carbocycles. The molecule has 0 spiro atoms. The van der Waals surface area contributed by atoms with Gasteiger partial charge in [-0.2, -0.15) is 11.8 Å². The van der Waals surface area contributed by atoms with E-state index >= 15 is 0 Å². The highest BCUT2D eigenvalue weighted by molar-refractivity contribution is 7.98. The van der Waals surface area contributed by atoms with Crippen molar-refractivity contribution < 1.29 is 29.1 Å². The smallest absolute Gasteiger partial charge is 0.326 e. The van der Waals surface area contributed by atoms with Gasteiger partial charge in [0.1, 0.15) is 18.1 Å². The number of nitrogens with one attached hydrogen (secondary N) is 4. The Balaban J connectivity index is 2.99. The molecule has 38 heavy (non-hydrogen) atoms. The van der Waals surface area contributed by atoms with Gasteiger partial charge in [-0.1, -0.05) is 0 Å². The monoisotopic (exact) mass is 556 g/mol. The van der Waals surface area contributed by atoms with Gasteiger partial charge in [0.2, 0.25) is 23.6 Å². The molecule has 1 rings (SSSR count). The molecule has 0 aliphatic rings. The van der Waals surface area contributed by atoms with Crippen LogP contribution in [0.15, 0.2) is 17.5 Å². The molecule has 0 aliphatic heterocycles. The molecule has 16 nitrogen and oxygen atoms in total. The number of carbonyl (C=O) groups is 5. The molecule has 4 amide bonds. The minimum Gasteiger partial charge on any atom is -0.480 e. The zero-order chi connectivity index (χ0) is 28.7. The maximum Gasteiger partial charge on any atom is 0.326 e. The van der Waals surface area contributed by atoms with Crippen LogP contribution in [0.1, 0.15) is 31.4 Å². The molecule has 0 aliphatic carbocycles. The Morgan fingerprint density at radius 3 is 2.21 bits per heavy atom. The first-order valence-electron chi connectivity index (χ1n) is 11.6. The lowest BCUT2D eigenvalue weighted by atomic mass is 10.1. The number of nitrogens with zero attached hydrogens (tertiary/aromatic N) is 2. The average Bonchev–Trinajstić information content (AvgIpc) is 3.35. The summed E-state index contributed by atoms with van der Waals surface area (Å²) >= 11 is 1.41. The minimum atomic E-state index is -1.44. The van der Waals surface area contributed by atoms with E-state index in [4.69, 9.17) is 22.9 Å². The Morgan fingerprint density at radius 1 is 1.03 bits per heavy atom. The number of primary amides is 1. The van der Waals surface area contributed by atoms with E-state index in [0.29, 0.717) is 11.4 Å². The van der Waals surface area contributed by atoms with Gasteiger partial charge < -0.3 is 49.0 Å². The van der Waals surface area contributed by atoms with Crippen LogP contribution in [0.4, 0.5) is 0 Å². The predicted octanol–water partition coefficient (Wildman–Crippen LogP) is -3.50. The Morgan fingerprint density at radius 2 is 1.66 bits per heavy atom. The molecule has 0 radical (unpaired) electrons. The lowest BCUT2D eigenvalue weighted by Crippen LogP contribution is -2.58. The van der Waals surface area contributed by atoms with Crippen LogP contribution < -0.4 is 38.9 Å². The number of hydrogen-bond acceptors (Lipinski definition) is 9. The lowest BCUT2D eigenvalue weighted by Gasteiger charge is -2.24. The van der Waals surface area contributed by atoms with E-state index in [1.807, 2.05) is 0 Å². The number of guanidine groups is 1. The molecule has 4 atom stereocenters. The number of H-pyrrole nitrogens is 1. The van der Waals surface area contributed by atoms with Gasteiger partial charge in [-0.3, -0.25) is 24.2 Å². The Bertz CT molecular complexity index is 970. The number of nitrogens with two attached hydrogens (primary N) is 4. The van der Waals surface area contributed by atoms with Crippen LogP contribution in [0.25, 0.3) is 0 Å². The number of thioether (sulfide) groups is 1. The normalized spacial score (nSPS) is 13.8. The summed E-state index contributed by atoms with van der Waals surface area (Å²) in [4.78, 5) is 72.2. The second kappa shape index (κ2) is 16.8. The molecule has 13 N–H and O–H groups in total. The number of aromatic nitrogens is 2. The molecule has 1 heterocycles. The van der Waals surface area contributed by atoms with Crippen LogP contribution >= 0.6 is 11.8 Å². The second-order valence-electron chi connectivity index (χ2n) is 8.31. The van der Waals surface area contributed by atoms with Gasteiger partial charge in [-0.25, -0.2) is 9.78 Å². The molecule has 4 unspecified atom stereocenters. The van der Waals surface area contributed by atoms with E-state index in [2.05, 4.69) is 30.9 Å². The molecule has 1 aromatic rings. The third-order valence-corrected chi connectivity index (χ3v) is 5.82. The van der Waals surface area contributed by atoms with E-state index < -0.39 is 60.2 Å². The van der Waals surface area contributed by atoms with Gasteiger partial charge >= 0.3 is 5.97 Å². The first-order valence-corrected chi connectivity index (χ1v) is 13.0. The van der Waals surface area contributed by atoms with E-state index in [0.717, 1.165) is 0 Å². The van der Waals surface area contributed by atoms with Crippen LogP contribution in [0.3, 0.4) is 0 Å². The Hall–Kier alpha value is -3.86. The number of carboxylic acids is 1. The molecule has 17 heteroatoms. The lowest BCUT2D eigenvalue weighted by molar-refractivity contribution is -0.142. The highest BCUT2D eigenvalue weighted by atomic mass is 32.2. The van der Waals surface area contributed by atoms with Crippen LogP contribution in [0.2, 0.25) is 0 Å². The summed E-state index contributed by atoms with van der Waals surface area (Å²) in [6.07, 6.45) is 4.64. The molecule has 212 valence electrons. The van der Waals surface area contributed by atoms with Crippen LogP contribution in [-0.2, 0) is 30.4 Å².